The lowest BCUT2D eigenvalue weighted by Crippen LogP contribution is -2.13. The summed E-state index contributed by atoms with van der Waals surface area (Å²) in [6.07, 6.45) is 0.784. The molecular weight excluding hydrogens is 208 g/mol. The van der Waals surface area contributed by atoms with Gasteiger partial charge in [-0.1, -0.05) is 20.8 Å². The van der Waals surface area contributed by atoms with Crippen molar-refractivity contribution in [3.63, 3.8) is 0 Å². The first-order valence-corrected chi connectivity index (χ1v) is 5.70. The van der Waals surface area contributed by atoms with E-state index in [0.717, 1.165) is 22.0 Å². The quantitative estimate of drug-likeness (QED) is 0.792. The summed E-state index contributed by atoms with van der Waals surface area (Å²) in [5, 5.41) is 9.99. The third kappa shape index (κ3) is 3.01. The minimum absolute atomic E-state index is 0.0626. The van der Waals surface area contributed by atoms with E-state index in [2.05, 4.69) is 31.8 Å². The fourth-order valence-corrected chi connectivity index (χ4v) is 2.30. The predicted octanol–water partition coefficient (Wildman–Crippen LogP) is 2.50. The van der Waals surface area contributed by atoms with Crippen molar-refractivity contribution in [1.82, 2.24) is 4.98 Å². The molecular formula is C11H16N2OS. The van der Waals surface area contributed by atoms with Crippen molar-refractivity contribution in [2.24, 2.45) is 0 Å². The number of hydrogen-bond donors (Lipinski definition) is 0. The van der Waals surface area contributed by atoms with E-state index in [1.807, 2.05) is 0 Å². The lowest BCUT2D eigenvalue weighted by molar-refractivity contribution is 0.202. The summed E-state index contributed by atoms with van der Waals surface area (Å²) in [6.45, 7) is 6.87. The molecule has 0 fully saturated rings. The fourth-order valence-electron chi connectivity index (χ4n) is 1.24. The fraction of sp³-hybridized carbons (Fsp3) is 0.636. The molecule has 0 amide bonds. The number of nitriles is 1. The summed E-state index contributed by atoms with van der Waals surface area (Å²) < 4.78 is 5.00. The molecule has 0 aliphatic rings. The van der Waals surface area contributed by atoms with Crippen molar-refractivity contribution < 1.29 is 4.74 Å². The molecule has 0 aliphatic heterocycles. The number of methoxy groups -OCH3 is 1. The maximum atomic E-state index is 9.01. The van der Waals surface area contributed by atoms with Crippen LogP contribution < -0.4 is 0 Å². The van der Waals surface area contributed by atoms with Crippen LogP contribution in [0.5, 0.6) is 0 Å². The summed E-state index contributed by atoms with van der Waals surface area (Å²) in [6, 6.07) is 2.21. The first kappa shape index (κ1) is 12.2. The number of aromatic nitrogens is 1. The van der Waals surface area contributed by atoms with Crippen LogP contribution in [0.2, 0.25) is 0 Å². The van der Waals surface area contributed by atoms with Crippen molar-refractivity contribution in [3.8, 4) is 6.07 Å². The highest BCUT2D eigenvalue weighted by Gasteiger charge is 2.22. The monoisotopic (exact) mass is 224 g/mol. The van der Waals surface area contributed by atoms with Gasteiger partial charge >= 0.3 is 0 Å². The second kappa shape index (κ2) is 4.73. The Bertz CT molecular complexity index is 371. The number of nitrogens with zero attached hydrogens (tertiary/aromatic N) is 2. The van der Waals surface area contributed by atoms with Crippen molar-refractivity contribution in [1.29, 1.82) is 5.26 Å². The number of thiazole rings is 1. The molecule has 1 aromatic rings. The van der Waals surface area contributed by atoms with Crippen LogP contribution in [0.25, 0.3) is 0 Å². The first-order valence-electron chi connectivity index (χ1n) is 4.88. The van der Waals surface area contributed by atoms with Crippen LogP contribution in [-0.4, -0.2) is 18.7 Å². The Labute approximate surface area is 94.7 Å². The Hall–Kier alpha value is -0.920. The smallest absolute Gasteiger partial charge is 0.128 e. The van der Waals surface area contributed by atoms with E-state index >= 15 is 0 Å². The first-order chi connectivity index (χ1) is 6.99. The highest BCUT2D eigenvalue weighted by molar-refractivity contribution is 7.12. The maximum Gasteiger partial charge on any atom is 0.128 e. The van der Waals surface area contributed by atoms with Gasteiger partial charge in [-0.3, -0.25) is 0 Å². The van der Waals surface area contributed by atoms with Gasteiger partial charge in [0.15, 0.2) is 0 Å². The third-order valence-electron chi connectivity index (χ3n) is 2.00. The van der Waals surface area contributed by atoms with Gasteiger partial charge in [-0.15, -0.1) is 11.3 Å². The van der Waals surface area contributed by atoms with E-state index in [1.165, 1.54) is 11.3 Å². The lowest BCUT2D eigenvalue weighted by atomic mass is 9.91. The van der Waals surface area contributed by atoms with Crippen LogP contribution in [0.4, 0.5) is 0 Å². The SMILES string of the molecule is COCCc1nc(C(C)(C)C)c(C#N)s1. The van der Waals surface area contributed by atoms with Gasteiger partial charge in [0.1, 0.15) is 10.9 Å². The predicted molar refractivity (Wildman–Crippen MR) is 61.1 cm³/mol. The summed E-state index contributed by atoms with van der Waals surface area (Å²) in [5.74, 6) is 0. The molecule has 0 radical (unpaired) electrons. The molecule has 82 valence electrons. The van der Waals surface area contributed by atoms with Gasteiger partial charge in [0.2, 0.25) is 0 Å². The minimum Gasteiger partial charge on any atom is -0.384 e. The molecule has 0 aromatic carbocycles. The van der Waals surface area contributed by atoms with Crippen LogP contribution in [0.1, 0.15) is 36.3 Å². The van der Waals surface area contributed by atoms with Crippen LogP contribution in [0.3, 0.4) is 0 Å². The van der Waals surface area contributed by atoms with Crippen LogP contribution in [-0.2, 0) is 16.6 Å². The largest absolute Gasteiger partial charge is 0.384 e. The Morgan fingerprint density at radius 2 is 2.13 bits per heavy atom. The minimum atomic E-state index is -0.0626. The van der Waals surface area contributed by atoms with Gasteiger partial charge in [0.05, 0.1) is 17.3 Å². The third-order valence-corrected chi connectivity index (χ3v) is 3.02. The van der Waals surface area contributed by atoms with E-state index < -0.39 is 0 Å². The molecule has 0 unspecified atom stereocenters. The van der Waals surface area contributed by atoms with E-state index in [9.17, 15) is 0 Å². The van der Waals surface area contributed by atoms with Gasteiger partial charge in [0.25, 0.3) is 0 Å². The Balaban J connectivity index is 2.97. The van der Waals surface area contributed by atoms with Crippen molar-refractivity contribution in [2.75, 3.05) is 13.7 Å². The topological polar surface area (TPSA) is 45.9 Å². The molecule has 0 N–H and O–H groups in total. The number of hydrogen-bond acceptors (Lipinski definition) is 4. The normalized spacial score (nSPS) is 11.4. The van der Waals surface area contributed by atoms with Crippen molar-refractivity contribution in [3.05, 3.63) is 15.6 Å². The average molecular weight is 224 g/mol. The van der Waals surface area contributed by atoms with Gasteiger partial charge in [-0.05, 0) is 0 Å². The molecule has 0 spiro atoms. The summed E-state index contributed by atoms with van der Waals surface area (Å²) in [7, 11) is 1.67. The van der Waals surface area contributed by atoms with Crippen LogP contribution >= 0.6 is 11.3 Å². The Kier molecular flexibility index (Phi) is 3.83. The second-order valence-electron chi connectivity index (χ2n) is 4.39. The second-order valence-corrected chi connectivity index (χ2v) is 5.47. The molecule has 1 heterocycles. The molecule has 3 nitrogen and oxygen atoms in total. The van der Waals surface area contributed by atoms with E-state index in [-0.39, 0.29) is 5.41 Å². The van der Waals surface area contributed by atoms with Crippen LogP contribution in [0.15, 0.2) is 0 Å². The maximum absolute atomic E-state index is 9.01. The van der Waals surface area contributed by atoms with Crippen LogP contribution in [0, 0.1) is 11.3 Å². The Morgan fingerprint density at radius 3 is 2.53 bits per heavy atom. The summed E-state index contributed by atoms with van der Waals surface area (Å²) in [5.41, 5.74) is 0.841. The summed E-state index contributed by atoms with van der Waals surface area (Å²) in [4.78, 5) is 5.24. The molecule has 0 aliphatic carbocycles. The van der Waals surface area contributed by atoms with Crippen molar-refractivity contribution in [2.45, 2.75) is 32.6 Å². The standard InChI is InChI=1S/C11H16N2OS/c1-11(2,3)10-8(7-12)15-9(13-10)5-6-14-4/h5-6H2,1-4H3. The van der Waals surface area contributed by atoms with E-state index in [1.54, 1.807) is 7.11 Å². The molecule has 0 saturated carbocycles. The molecule has 1 aromatic heterocycles. The van der Waals surface area contributed by atoms with Gasteiger partial charge in [-0.2, -0.15) is 5.26 Å². The molecule has 1 rings (SSSR count). The molecule has 0 saturated heterocycles. The highest BCUT2D eigenvalue weighted by Crippen LogP contribution is 2.29. The van der Waals surface area contributed by atoms with E-state index in [0.29, 0.717) is 6.61 Å². The van der Waals surface area contributed by atoms with Gasteiger partial charge < -0.3 is 4.74 Å². The molecule has 0 atom stereocenters. The molecule has 15 heavy (non-hydrogen) atoms. The lowest BCUT2D eigenvalue weighted by Gasteiger charge is -2.15. The van der Waals surface area contributed by atoms with Gasteiger partial charge in [-0.25, -0.2) is 4.98 Å². The van der Waals surface area contributed by atoms with Crippen molar-refractivity contribution >= 4 is 11.3 Å². The Morgan fingerprint density at radius 1 is 1.47 bits per heavy atom. The van der Waals surface area contributed by atoms with Gasteiger partial charge in [0, 0.05) is 18.9 Å². The zero-order valence-corrected chi connectivity index (χ0v) is 10.4. The summed E-state index contributed by atoms with van der Waals surface area (Å²) >= 11 is 1.47. The number of ether oxygens (including phenoxy) is 1. The van der Waals surface area contributed by atoms with E-state index in [4.69, 9.17) is 10.00 Å². The number of rotatable bonds is 3. The highest BCUT2D eigenvalue weighted by atomic mass is 32.1. The zero-order chi connectivity index (χ0) is 11.5. The zero-order valence-electron chi connectivity index (χ0n) is 9.63. The average Bonchev–Trinajstić information content (AvgIpc) is 2.57. The molecule has 4 heteroatoms. The molecule has 0 bridgehead atoms.